The Morgan fingerprint density at radius 2 is 1.76 bits per heavy atom. The Morgan fingerprint density at radius 1 is 1.10 bits per heavy atom. The fourth-order valence-electron chi connectivity index (χ4n) is 1.68. The Morgan fingerprint density at radius 3 is 2.33 bits per heavy atom. The van der Waals surface area contributed by atoms with Crippen molar-refractivity contribution < 1.29 is 27.4 Å². The molecule has 0 fully saturated rings. The van der Waals surface area contributed by atoms with E-state index in [1.807, 2.05) is 0 Å². The second kappa shape index (κ2) is 5.82. The molecule has 0 saturated heterocycles. The Bertz CT molecular complexity index is 639. The SMILES string of the molecule is COC(=O)c1cc(-c2ccc(OC(F)(F)F)cc2)ccn1. The van der Waals surface area contributed by atoms with Gasteiger partial charge in [-0.15, -0.1) is 13.2 Å². The third-order valence-electron chi connectivity index (χ3n) is 2.58. The zero-order valence-corrected chi connectivity index (χ0v) is 10.8. The molecule has 0 radical (unpaired) electrons. The van der Waals surface area contributed by atoms with Gasteiger partial charge in [0.05, 0.1) is 7.11 Å². The number of nitrogens with zero attached hydrogens (tertiary/aromatic N) is 1. The molecular weight excluding hydrogens is 287 g/mol. The van der Waals surface area contributed by atoms with Gasteiger partial charge >= 0.3 is 12.3 Å². The number of benzene rings is 1. The van der Waals surface area contributed by atoms with Gasteiger partial charge in [-0.05, 0) is 35.4 Å². The highest BCUT2D eigenvalue weighted by Gasteiger charge is 2.30. The van der Waals surface area contributed by atoms with Crippen molar-refractivity contribution >= 4 is 5.97 Å². The minimum Gasteiger partial charge on any atom is -0.464 e. The van der Waals surface area contributed by atoms with E-state index in [9.17, 15) is 18.0 Å². The maximum absolute atomic E-state index is 12.1. The molecule has 0 aliphatic carbocycles. The van der Waals surface area contributed by atoms with E-state index in [4.69, 9.17) is 0 Å². The van der Waals surface area contributed by atoms with Crippen LogP contribution >= 0.6 is 0 Å². The number of ether oxygens (including phenoxy) is 2. The maximum atomic E-state index is 12.1. The third kappa shape index (κ3) is 3.95. The largest absolute Gasteiger partial charge is 0.573 e. The molecule has 0 unspecified atom stereocenters. The Labute approximate surface area is 118 Å². The lowest BCUT2D eigenvalue weighted by atomic mass is 10.1. The summed E-state index contributed by atoms with van der Waals surface area (Å²) < 4.78 is 44.5. The average Bonchev–Trinajstić information content (AvgIpc) is 2.45. The van der Waals surface area contributed by atoms with E-state index in [2.05, 4.69) is 14.5 Å². The number of pyridine rings is 1. The van der Waals surface area contributed by atoms with Crippen LogP contribution in [0.25, 0.3) is 11.1 Å². The van der Waals surface area contributed by atoms with E-state index in [1.165, 1.54) is 43.6 Å². The van der Waals surface area contributed by atoms with Gasteiger partial charge in [-0.2, -0.15) is 0 Å². The van der Waals surface area contributed by atoms with Crippen molar-refractivity contribution in [2.45, 2.75) is 6.36 Å². The molecule has 21 heavy (non-hydrogen) atoms. The van der Waals surface area contributed by atoms with Crippen LogP contribution in [0.1, 0.15) is 10.5 Å². The second-order valence-corrected chi connectivity index (χ2v) is 3.99. The van der Waals surface area contributed by atoms with Crippen LogP contribution in [0, 0.1) is 0 Å². The summed E-state index contributed by atoms with van der Waals surface area (Å²) in [5, 5.41) is 0. The highest BCUT2D eigenvalue weighted by atomic mass is 19.4. The van der Waals surface area contributed by atoms with Gasteiger partial charge in [-0.1, -0.05) is 12.1 Å². The molecule has 0 N–H and O–H groups in total. The molecular formula is C14H10F3NO3. The summed E-state index contributed by atoms with van der Waals surface area (Å²) in [5.41, 5.74) is 1.37. The van der Waals surface area contributed by atoms with E-state index in [0.29, 0.717) is 11.1 Å². The highest BCUT2D eigenvalue weighted by molar-refractivity contribution is 5.88. The van der Waals surface area contributed by atoms with Crippen molar-refractivity contribution in [3.05, 3.63) is 48.3 Å². The summed E-state index contributed by atoms with van der Waals surface area (Å²) in [7, 11) is 1.24. The van der Waals surface area contributed by atoms with Gasteiger partial charge < -0.3 is 9.47 Å². The molecule has 2 aromatic rings. The molecule has 0 spiro atoms. The predicted octanol–water partition coefficient (Wildman–Crippen LogP) is 3.43. The number of aromatic nitrogens is 1. The van der Waals surface area contributed by atoms with Gasteiger partial charge in [0, 0.05) is 6.20 Å². The van der Waals surface area contributed by atoms with Gasteiger partial charge in [0.2, 0.25) is 0 Å². The minimum absolute atomic E-state index is 0.116. The van der Waals surface area contributed by atoms with E-state index in [-0.39, 0.29) is 11.4 Å². The number of halogens is 3. The van der Waals surface area contributed by atoms with Crippen LogP contribution in [-0.4, -0.2) is 24.4 Å². The fraction of sp³-hybridized carbons (Fsp3) is 0.143. The topological polar surface area (TPSA) is 48.4 Å². The second-order valence-electron chi connectivity index (χ2n) is 3.99. The molecule has 0 aliphatic heterocycles. The van der Waals surface area contributed by atoms with Crippen LogP contribution in [-0.2, 0) is 4.74 Å². The van der Waals surface area contributed by atoms with Crippen LogP contribution in [0.15, 0.2) is 42.6 Å². The number of hydrogen-bond donors (Lipinski definition) is 0. The smallest absolute Gasteiger partial charge is 0.464 e. The molecule has 7 heteroatoms. The van der Waals surface area contributed by atoms with Gasteiger partial charge in [0.1, 0.15) is 11.4 Å². The zero-order chi connectivity index (χ0) is 15.5. The lowest BCUT2D eigenvalue weighted by Gasteiger charge is -2.09. The first-order valence-electron chi connectivity index (χ1n) is 5.79. The van der Waals surface area contributed by atoms with Crippen LogP contribution in [0.3, 0.4) is 0 Å². The van der Waals surface area contributed by atoms with E-state index in [1.54, 1.807) is 6.07 Å². The molecule has 1 aromatic heterocycles. The predicted molar refractivity (Wildman–Crippen MR) is 67.7 cm³/mol. The highest BCUT2D eigenvalue weighted by Crippen LogP contribution is 2.26. The normalized spacial score (nSPS) is 11.0. The van der Waals surface area contributed by atoms with Crippen LogP contribution < -0.4 is 4.74 Å². The van der Waals surface area contributed by atoms with Crippen molar-refractivity contribution in [2.24, 2.45) is 0 Å². The van der Waals surface area contributed by atoms with Gasteiger partial charge in [0.15, 0.2) is 0 Å². The van der Waals surface area contributed by atoms with Crippen molar-refractivity contribution in [3.8, 4) is 16.9 Å². The first-order chi connectivity index (χ1) is 9.89. The van der Waals surface area contributed by atoms with Crippen molar-refractivity contribution in [2.75, 3.05) is 7.11 Å². The zero-order valence-electron chi connectivity index (χ0n) is 10.8. The number of methoxy groups -OCH3 is 1. The molecule has 110 valence electrons. The first-order valence-corrected chi connectivity index (χ1v) is 5.79. The maximum Gasteiger partial charge on any atom is 0.573 e. The van der Waals surface area contributed by atoms with Gasteiger partial charge in [-0.3, -0.25) is 0 Å². The molecule has 0 amide bonds. The Kier molecular flexibility index (Phi) is 4.11. The number of hydrogen-bond acceptors (Lipinski definition) is 4. The quantitative estimate of drug-likeness (QED) is 0.814. The van der Waals surface area contributed by atoms with Crippen LogP contribution in [0.5, 0.6) is 5.75 Å². The van der Waals surface area contributed by atoms with Crippen LogP contribution in [0.2, 0.25) is 0 Å². The summed E-state index contributed by atoms with van der Waals surface area (Å²) in [6.45, 7) is 0. The Balaban J connectivity index is 2.25. The Hall–Kier alpha value is -2.57. The van der Waals surface area contributed by atoms with Crippen molar-refractivity contribution in [1.82, 2.24) is 4.98 Å². The first kappa shape index (κ1) is 14.8. The number of carbonyl (C=O) groups excluding carboxylic acids is 1. The summed E-state index contributed by atoms with van der Waals surface area (Å²) in [6, 6.07) is 8.43. The monoisotopic (exact) mass is 297 g/mol. The third-order valence-corrected chi connectivity index (χ3v) is 2.58. The minimum atomic E-state index is -4.73. The molecule has 0 aliphatic rings. The van der Waals surface area contributed by atoms with Crippen molar-refractivity contribution in [1.29, 1.82) is 0 Å². The molecule has 0 saturated carbocycles. The van der Waals surface area contributed by atoms with Gasteiger partial charge in [0.25, 0.3) is 0 Å². The molecule has 4 nitrogen and oxygen atoms in total. The van der Waals surface area contributed by atoms with E-state index >= 15 is 0 Å². The molecule has 1 heterocycles. The lowest BCUT2D eigenvalue weighted by molar-refractivity contribution is -0.274. The molecule has 2 rings (SSSR count). The van der Waals surface area contributed by atoms with Crippen LogP contribution in [0.4, 0.5) is 13.2 Å². The summed E-state index contributed by atoms with van der Waals surface area (Å²) in [6.07, 6.45) is -3.31. The van der Waals surface area contributed by atoms with Gasteiger partial charge in [-0.25, -0.2) is 9.78 Å². The lowest BCUT2D eigenvalue weighted by Crippen LogP contribution is -2.16. The number of alkyl halides is 3. The molecule has 0 atom stereocenters. The fourth-order valence-corrected chi connectivity index (χ4v) is 1.68. The van der Waals surface area contributed by atoms with E-state index < -0.39 is 12.3 Å². The summed E-state index contributed by atoms with van der Waals surface area (Å²) >= 11 is 0. The standard InChI is InChI=1S/C14H10F3NO3/c1-20-13(19)12-8-10(6-7-18-12)9-2-4-11(5-3-9)21-14(15,16)17/h2-8H,1H3. The number of carbonyl (C=O) groups is 1. The average molecular weight is 297 g/mol. The summed E-state index contributed by atoms with van der Waals surface area (Å²) in [5.74, 6) is -0.901. The van der Waals surface area contributed by atoms with Crippen molar-refractivity contribution in [3.63, 3.8) is 0 Å². The molecule has 0 bridgehead atoms. The number of rotatable bonds is 3. The number of esters is 1. The summed E-state index contributed by atoms with van der Waals surface area (Å²) in [4.78, 5) is 15.2. The molecule has 1 aromatic carbocycles. The van der Waals surface area contributed by atoms with E-state index in [0.717, 1.165) is 0 Å².